The van der Waals surface area contributed by atoms with Gasteiger partial charge in [-0.15, -0.1) is 0 Å². The van der Waals surface area contributed by atoms with Crippen molar-refractivity contribution in [2.45, 2.75) is 6.61 Å². The minimum absolute atomic E-state index is 0.0974. The molecule has 0 unspecified atom stereocenters. The third-order valence-electron chi connectivity index (χ3n) is 2.94. The minimum atomic E-state index is 0.0974. The molecule has 0 aliphatic rings. The summed E-state index contributed by atoms with van der Waals surface area (Å²) in [6.45, 7) is 0.391. The fraction of sp³-hybridized carbons (Fsp3) is 0.125. The molecule has 0 amide bonds. The number of rotatable bonds is 6. The van der Waals surface area contributed by atoms with Crippen LogP contribution in [0.5, 0.6) is 11.5 Å². The van der Waals surface area contributed by atoms with Gasteiger partial charge in [-0.1, -0.05) is 23.7 Å². The van der Waals surface area contributed by atoms with Crippen LogP contribution in [0.2, 0.25) is 5.02 Å². The van der Waals surface area contributed by atoms with Crippen molar-refractivity contribution in [2.75, 3.05) is 7.11 Å². The highest BCUT2D eigenvalue weighted by Gasteiger charge is 2.11. The van der Waals surface area contributed by atoms with E-state index in [2.05, 4.69) is 38.7 Å². The highest BCUT2D eigenvalue weighted by Crippen LogP contribution is 2.36. The van der Waals surface area contributed by atoms with E-state index in [9.17, 15) is 0 Å². The van der Waals surface area contributed by atoms with E-state index in [4.69, 9.17) is 26.8 Å². The predicted octanol–water partition coefficient (Wildman–Crippen LogP) is 3.86. The molecule has 0 aromatic heterocycles. The summed E-state index contributed by atoms with van der Waals surface area (Å²) < 4.78 is 12.0. The summed E-state index contributed by atoms with van der Waals surface area (Å²) in [6.07, 6.45) is 1.58. The lowest BCUT2D eigenvalue weighted by Crippen LogP contribution is -2.23. The van der Waals surface area contributed by atoms with Crippen molar-refractivity contribution in [3.63, 3.8) is 0 Å². The molecule has 0 spiro atoms. The first-order chi connectivity index (χ1) is 11.5. The van der Waals surface area contributed by atoms with Crippen molar-refractivity contribution in [3.05, 3.63) is 57.0 Å². The Kier molecular flexibility index (Phi) is 6.84. The Balaban J connectivity index is 2.15. The number of nitrogens with zero attached hydrogens (tertiary/aromatic N) is 1. The second-order valence-electron chi connectivity index (χ2n) is 4.68. The molecule has 3 N–H and O–H groups in total. The largest absolute Gasteiger partial charge is 0.493 e. The van der Waals surface area contributed by atoms with Gasteiger partial charge in [0, 0.05) is 5.02 Å². The highest BCUT2D eigenvalue weighted by molar-refractivity contribution is 9.10. The van der Waals surface area contributed by atoms with Crippen LogP contribution < -0.4 is 20.6 Å². The Hall–Kier alpha value is -1.83. The zero-order chi connectivity index (χ0) is 17.5. The van der Waals surface area contributed by atoms with E-state index in [-0.39, 0.29) is 5.11 Å². The molecular weight excluding hydrogens is 414 g/mol. The number of hydrazone groups is 1. The van der Waals surface area contributed by atoms with Gasteiger partial charge in [0.05, 0.1) is 17.8 Å². The quantitative estimate of drug-likeness (QED) is 0.415. The average molecular weight is 429 g/mol. The lowest BCUT2D eigenvalue weighted by Gasteiger charge is -2.13. The third-order valence-corrected chi connectivity index (χ3v) is 3.87. The van der Waals surface area contributed by atoms with Crippen LogP contribution >= 0.6 is 39.7 Å². The molecule has 0 bridgehead atoms. The van der Waals surface area contributed by atoms with E-state index in [1.54, 1.807) is 19.4 Å². The van der Waals surface area contributed by atoms with Crippen LogP contribution in [0.3, 0.4) is 0 Å². The lowest BCUT2D eigenvalue weighted by atomic mass is 10.2. The van der Waals surface area contributed by atoms with Gasteiger partial charge < -0.3 is 15.2 Å². The van der Waals surface area contributed by atoms with E-state index < -0.39 is 0 Å². The van der Waals surface area contributed by atoms with Gasteiger partial charge in [0.1, 0.15) is 6.61 Å². The number of methoxy groups -OCH3 is 1. The zero-order valence-corrected chi connectivity index (χ0v) is 15.9. The van der Waals surface area contributed by atoms with Crippen molar-refractivity contribution in [1.29, 1.82) is 0 Å². The number of nitrogens with two attached hydrogens (primary N) is 1. The molecule has 0 heterocycles. The first-order valence-corrected chi connectivity index (χ1v) is 8.41. The number of hydrogen-bond donors (Lipinski definition) is 2. The molecule has 0 saturated carbocycles. The summed E-state index contributed by atoms with van der Waals surface area (Å²) in [5.41, 5.74) is 9.61. The standard InChI is InChI=1S/C16H15BrClN3O2S/c1-22-14-7-11(8-20-21-16(19)24)6-13(17)15(14)23-9-10-2-4-12(18)5-3-10/h2-8H,9H2,1H3,(H3,19,21,24)/b20-8-. The maximum absolute atomic E-state index is 5.88. The number of halogens is 2. The van der Waals surface area contributed by atoms with E-state index in [0.29, 0.717) is 23.1 Å². The third kappa shape index (κ3) is 5.36. The van der Waals surface area contributed by atoms with Gasteiger partial charge in [-0.25, -0.2) is 0 Å². The smallest absolute Gasteiger partial charge is 0.184 e. The zero-order valence-electron chi connectivity index (χ0n) is 12.8. The van der Waals surface area contributed by atoms with Crippen LogP contribution in [0, 0.1) is 0 Å². The molecule has 5 nitrogen and oxygen atoms in total. The predicted molar refractivity (Wildman–Crippen MR) is 104 cm³/mol. The second kappa shape index (κ2) is 8.86. The molecule has 0 atom stereocenters. The van der Waals surface area contributed by atoms with Crippen molar-refractivity contribution in [2.24, 2.45) is 10.8 Å². The fourth-order valence-electron chi connectivity index (χ4n) is 1.86. The molecule has 2 rings (SSSR count). The molecule has 0 aliphatic heterocycles. The van der Waals surface area contributed by atoms with E-state index in [1.807, 2.05) is 30.3 Å². The second-order valence-corrected chi connectivity index (χ2v) is 6.41. The number of nitrogens with one attached hydrogen (secondary N) is 1. The van der Waals surface area contributed by atoms with E-state index >= 15 is 0 Å². The maximum Gasteiger partial charge on any atom is 0.184 e. The number of hydrogen-bond acceptors (Lipinski definition) is 4. The molecule has 0 fully saturated rings. The molecule has 126 valence electrons. The minimum Gasteiger partial charge on any atom is -0.493 e. The van der Waals surface area contributed by atoms with Gasteiger partial charge in [-0.3, -0.25) is 5.43 Å². The van der Waals surface area contributed by atoms with Crippen LogP contribution in [0.15, 0.2) is 46.0 Å². The summed E-state index contributed by atoms with van der Waals surface area (Å²) in [7, 11) is 1.57. The number of thiocarbonyl (C=S) groups is 1. The SMILES string of the molecule is COc1cc(/C=N\NC(N)=S)cc(Br)c1OCc1ccc(Cl)cc1. The van der Waals surface area contributed by atoms with Crippen molar-refractivity contribution < 1.29 is 9.47 Å². The topological polar surface area (TPSA) is 68.9 Å². The van der Waals surface area contributed by atoms with Gasteiger partial charge in [0.2, 0.25) is 0 Å². The van der Waals surface area contributed by atoms with Gasteiger partial charge in [0.25, 0.3) is 0 Å². The first-order valence-electron chi connectivity index (χ1n) is 6.83. The molecule has 0 saturated heterocycles. The summed E-state index contributed by atoms with van der Waals surface area (Å²) in [6, 6.07) is 11.1. The fourth-order valence-corrected chi connectivity index (χ4v) is 2.61. The van der Waals surface area contributed by atoms with Crippen molar-refractivity contribution in [1.82, 2.24) is 5.43 Å². The van der Waals surface area contributed by atoms with Crippen LogP contribution in [0.4, 0.5) is 0 Å². The van der Waals surface area contributed by atoms with Gasteiger partial charge in [0.15, 0.2) is 16.6 Å². The van der Waals surface area contributed by atoms with Crippen LogP contribution in [0.1, 0.15) is 11.1 Å². The van der Waals surface area contributed by atoms with Gasteiger partial charge in [-0.2, -0.15) is 5.10 Å². The normalized spacial score (nSPS) is 10.6. The Labute approximate surface area is 158 Å². The average Bonchev–Trinajstić information content (AvgIpc) is 2.54. The van der Waals surface area contributed by atoms with Crippen LogP contribution in [-0.2, 0) is 6.61 Å². The molecular formula is C16H15BrClN3O2S. The molecule has 0 aliphatic carbocycles. The lowest BCUT2D eigenvalue weighted by molar-refractivity contribution is 0.282. The summed E-state index contributed by atoms with van der Waals surface area (Å²) >= 11 is 14.1. The van der Waals surface area contributed by atoms with Crippen molar-refractivity contribution >= 4 is 51.1 Å². The summed E-state index contributed by atoms with van der Waals surface area (Å²) in [4.78, 5) is 0. The van der Waals surface area contributed by atoms with E-state index in [1.165, 1.54) is 0 Å². The number of ether oxygens (including phenoxy) is 2. The molecule has 24 heavy (non-hydrogen) atoms. The number of benzene rings is 2. The summed E-state index contributed by atoms with van der Waals surface area (Å²) in [5.74, 6) is 1.18. The summed E-state index contributed by atoms with van der Waals surface area (Å²) in [5, 5.41) is 4.70. The van der Waals surface area contributed by atoms with Crippen LogP contribution in [-0.4, -0.2) is 18.4 Å². The monoisotopic (exact) mass is 427 g/mol. The molecule has 0 radical (unpaired) electrons. The Morgan fingerprint density at radius 2 is 2.08 bits per heavy atom. The highest BCUT2D eigenvalue weighted by atomic mass is 79.9. The van der Waals surface area contributed by atoms with Crippen LogP contribution in [0.25, 0.3) is 0 Å². The van der Waals surface area contributed by atoms with E-state index in [0.717, 1.165) is 15.6 Å². The molecule has 2 aromatic carbocycles. The molecule has 2 aromatic rings. The van der Waals surface area contributed by atoms with Gasteiger partial charge >= 0.3 is 0 Å². The first kappa shape index (κ1) is 18.5. The van der Waals surface area contributed by atoms with Crippen molar-refractivity contribution in [3.8, 4) is 11.5 Å². The Morgan fingerprint density at radius 3 is 2.71 bits per heavy atom. The van der Waals surface area contributed by atoms with Gasteiger partial charge in [-0.05, 0) is 63.5 Å². The Morgan fingerprint density at radius 1 is 1.38 bits per heavy atom. The maximum atomic E-state index is 5.88. The Bertz CT molecular complexity index is 754. The molecule has 8 heteroatoms.